The van der Waals surface area contributed by atoms with Crippen molar-refractivity contribution in [3.8, 4) is 0 Å². The van der Waals surface area contributed by atoms with Gasteiger partial charge in [0, 0.05) is 28.2 Å². The van der Waals surface area contributed by atoms with Gasteiger partial charge in [-0.15, -0.1) is 0 Å². The van der Waals surface area contributed by atoms with Crippen molar-refractivity contribution in [2.45, 2.75) is 57.7 Å². The molecule has 2 unspecified atom stereocenters. The number of carboxylic acid groups (broad SMARTS) is 1. The summed E-state index contributed by atoms with van der Waals surface area (Å²) >= 11 is 1.88. The maximum Gasteiger partial charge on any atom is 0.348 e. The minimum atomic E-state index is -0.894. The van der Waals surface area contributed by atoms with E-state index >= 15 is 0 Å². The van der Waals surface area contributed by atoms with Gasteiger partial charge in [0.15, 0.2) is 0 Å². The van der Waals surface area contributed by atoms with E-state index in [4.69, 9.17) is 0 Å². The highest BCUT2D eigenvalue weighted by Crippen LogP contribution is 2.39. The van der Waals surface area contributed by atoms with Gasteiger partial charge >= 0.3 is 11.7 Å². The zero-order valence-corrected chi connectivity index (χ0v) is 13.8. The maximum absolute atomic E-state index is 12.2. The summed E-state index contributed by atoms with van der Waals surface area (Å²) in [5.74, 6) is -0.440. The van der Waals surface area contributed by atoms with Crippen LogP contribution in [0.4, 0.5) is 0 Å². The van der Waals surface area contributed by atoms with Gasteiger partial charge in [-0.3, -0.25) is 9.36 Å². The van der Waals surface area contributed by atoms with Crippen molar-refractivity contribution in [3.63, 3.8) is 0 Å². The van der Waals surface area contributed by atoms with Crippen molar-refractivity contribution in [2.24, 2.45) is 0 Å². The lowest BCUT2D eigenvalue weighted by atomic mass is 9.97. The first kappa shape index (κ1) is 16.1. The van der Waals surface area contributed by atoms with Gasteiger partial charge in [-0.05, 0) is 46.3 Å². The Morgan fingerprint density at radius 2 is 2.19 bits per heavy atom. The van der Waals surface area contributed by atoms with Crippen LogP contribution in [0.3, 0.4) is 0 Å². The van der Waals surface area contributed by atoms with E-state index in [1.165, 1.54) is 0 Å². The Balaban J connectivity index is 2.49. The Kier molecular flexibility index (Phi) is 4.46. The van der Waals surface area contributed by atoms with Gasteiger partial charge in [-0.2, -0.15) is 16.7 Å². The van der Waals surface area contributed by atoms with Gasteiger partial charge in [0.25, 0.3) is 0 Å². The van der Waals surface area contributed by atoms with Crippen molar-refractivity contribution >= 4 is 17.7 Å². The maximum atomic E-state index is 12.2. The molecule has 116 valence electrons. The molecule has 0 bridgehead atoms. The zero-order valence-electron chi connectivity index (χ0n) is 13.0. The average molecular weight is 310 g/mol. The van der Waals surface area contributed by atoms with Gasteiger partial charge in [-0.1, -0.05) is 0 Å². The van der Waals surface area contributed by atoms with Crippen LogP contribution in [0, 0.1) is 13.8 Å². The number of thioether (sulfide) groups is 1. The van der Waals surface area contributed by atoms with E-state index in [0.717, 1.165) is 24.3 Å². The van der Waals surface area contributed by atoms with E-state index in [9.17, 15) is 14.7 Å². The Labute approximate surface area is 128 Å². The molecule has 1 aliphatic heterocycles. The molecule has 2 atom stereocenters. The lowest BCUT2D eigenvalue weighted by molar-refractivity contribution is -0.138. The highest BCUT2D eigenvalue weighted by molar-refractivity contribution is 8.00. The largest absolute Gasteiger partial charge is 0.481 e. The monoisotopic (exact) mass is 310 g/mol. The smallest absolute Gasteiger partial charge is 0.348 e. The lowest BCUT2D eigenvalue weighted by Crippen LogP contribution is -2.36. The first-order valence-corrected chi connectivity index (χ1v) is 8.18. The summed E-state index contributed by atoms with van der Waals surface area (Å²) in [6, 6.07) is 0. The number of hydrogen-bond donors (Lipinski definition) is 1. The second kappa shape index (κ2) is 5.83. The molecule has 21 heavy (non-hydrogen) atoms. The highest BCUT2D eigenvalue weighted by Gasteiger charge is 2.32. The first-order chi connectivity index (χ1) is 9.75. The molecule has 1 aromatic rings. The molecule has 2 heterocycles. The molecular formula is C15H22N2O3S. The Morgan fingerprint density at radius 1 is 1.52 bits per heavy atom. The second-order valence-electron chi connectivity index (χ2n) is 6.03. The topological polar surface area (TPSA) is 72.2 Å². The quantitative estimate of drug-likeness (QED) is 0.924. The van der Waals surface area contributed by atoms with E-state index < -0.39 is 11.9 Å². The van der Waals surface area contributed by atoms with Gasteiger partial charge in [0.2, 0.25) is 0 Å². The molecule has 0 radical (unpaired) electrons. The molecule has 1 fully saturated rings. The molecule has 0 aromatic carbocycles. The normalized spacial score (nSPS) is 23.2. The van der Waals surface area contributed by atoms with Gasteiger partial charge < -0.3 is 5.11 Å². The minimum Gasteiger partial charge on any atom is -0.481 e. The van der Waals surface area contributed by atoms with Crippen LogP contribution in [-0.2, 0) is 11.3 Å². The molecule has 0 spiro atoms. The number of nitrogens with zero attached hydrogens (tertiary/aromatic N) is 2. The molecule has 2 rings (SSSR count). The summed E-state index contributed by atoms with van der Waals surface area (Å²) in [5.41, 5.74) is 1.64. The van der Waals surface area contributed by atoms with E-state index in [0.29, 0.717) is 17.8 Å². The van der Waals surface area contributed by atoms with Crippen LogP contribution in [0.1, 0.15) is 49.6 Å². The van der Waals surface area contributed by atoms with E-state index in [1.807, 2.05) is 18.7 Å². The third kappa shape index (κ3) is 3.15. The van der Waals surface area contributed by atoms with Gasteiger partial charge in [-0.25, -0.2) is 4.79 Å². The van der Waals surface area contributed by atoms with Crippen LogP contribution in [0.25, 0.3) is 0 Å². The van der Waals surface area contributed by atoms with Crippen molar-refractivity contribution in [2.75, 3.05) is 5.75 Å². The number of hydrogen-bond acceptors (Lipinski definition) is 4. The van der Waals surface area contributed by atoms with Crippen molar-refractivity contribution < 1.29 is 9.90 Å². The summed E-state index contributed by atoms with van der Waals surface area (Å²) in [4.78, 5) is 27.6. The highest BCUT2D eigenvalue weighted by atomic mass is 32.2. The number of carbonyl (C=O) groups is 1. The third-order valence-electron chi connectivity index (χ3n) is 4.28. The summed E-state index contributed by atoms with van der Waals surface area (Å²) in [7, 11) is 0. The molecular weight excluding hydrogens is 288 g/mol. The van der Waals surface area contributed by atoms with Crippen LogP contribution in [0.2, 0.25) is 0 Å². The fraction of sp³-hybridized carbons (Fsp3) is 0.667. The molecule has 6 heteroatoms. The van der Waals surface area contributed by atoms with Crippen LogP contribution in [-0.4, -0.2) is 31.1 Å². The zero-order chi connectivity index (χ0) is 15.8. The minimum absolute atomic E-state index is 0.0370. The summed E-state index contributed by atoms with van der Waals surface area (Å²) in [6.07, 6.45) is 2.23. The number of aliphatic carboxylic acids is 1. The molecule has 0 saturated carbocycles. The van der Waals surface area contributed by atoms with Crippen LogP contribution in [0.5, 0.6) is 0 Å². The Morgan fingerprint density at radius 3 is 2.71 bits per heavy atom. The van der Waals surface area contributed by atoms with Gasteiger partial charge in [0.1, 0.15) is 0 Å². The second-order valence-corrected chi connectivity index (χ2v) is 7.71. The van der Waals surface area contributed by atoms with Crippen LogP contribution < -0.4 is 5.69 Å². The molecule has 1 saturated heterocycles. The van der Waals surface area contributed by atoms with Crippen molar-refractivity contribution in [3.05, 3.63) is 27.4 Å². The van der Waals surface area contributed by atoms with Crippen molar-refractivity contribution in [1.82, 2.24) is 9.55 Å². The van der Waals surface area contributed by atoms with Crippen LogP contribution >= 0.6 is 11.8 Å². The lowest BCUT2D eigenvalue weighted by Gasteiger charge is -2.26. The first-order valence-electron chi connectivity index (χ1n) is 7.20. The van der Waals surface area contributed by atoms with E-state index in [1.54, 1.807) is 18.4 Å². The molecule has 1 aliphatic rings. The number of rotatable bonds is 4. The number of aromatic nitrogens is 2. The molecule has 0 amide bonds. The van der Waals surface area contributed by atoms with E-state index in [2.05, 4.69) is 11.9 Å². The van der Waals surface area contributed by atoms with Crippen LogP contribution in [0.15, 0.2) is 4.79 Å². The molecule has 1 aromatic heterocycles. The Hall–Kier alpha value is -1.30. The standard InChI is InChI=1S/C15H22N2O3S/c1-9(13(18)19)12-10(2)16-14(20)17(11(12)3)8-15(4)6-5-7-21-15/h9H,5-8H2,1-4H3,(H,18,19). The summed E-state index contributed by atoms with van der Waals surface area (Å²) < 4.78 is 1.69. The van der Waals surface area contributed by atoms with Crippen molar-refractivity contribution in [1.29, 1.82) is 0 Å². The Bertz CT molecular complexity index is 618. The summed E-state index contributed by atoms with van der Waals surface area (Å²) in [5, 5.41) is 9.26. The third-order valence-corrected chi connectivity index (χ3v) is 5.80. The predicted octanol–water partition coefficient (Wildman–Crippen LogP) is 2.33. The molecule has 0 aliphatic carbocycles. The number of aryl methyl sites for hydroxylation is 1. The number of carboxylic acids is 1. The fourth-order valence-corrected chi connectivity index (χ4v) is 4.34. The summed E-state index contributed by atoms with van der Waals surface area (Å²) in [6.45, 7) is 7.93. The van der Waals surface area contributed by atoms with Gasteiger partial charge in [0.05, 0.1) is 5.92 Å². The molecule has 1 N–H and O–H groups in total. The molecule has 5 nitrogen and oxygen atoms in total. The SMILES string of the molecule is Cc1nc(=O)n(CC2(C)CCCS2)c(C)c1C(C)C(=O)O. The van der Waals surface area contributed by atoms with E-state index in [-0.39, 0.29) is 10.4 Å². The predicted molar refractivity (Wildman–Crippen MR) is 84.1 cm³/mol. The average Bonchev–Trinajstić information content (AvgIpc) is 2.81. The fourth-order valence-electron chi connectivity index (χ4n) is 3.05.